The zero-order valence-electron chi connectivity index (χ0n) is 16.0. The largest absolute Gasteiger partial charge is 0.368 e. The number of benzene rings is 3. The third-order valence-electron chi connectivity index (χ3n) is 5.04. The smallest absolute Gasteiger partial charge is 0.262 e. The summed E-state index contributed by atoms with van der Waals surface area (Å²) in [6.07, 6.45) is 0. The van der Waals surface area contributed by atoms with Crippen LogP contribution in [0.4, 0.5) is 15.8 Å². The molecule has 4 rings (SSSR count). The Balaban J connectivity index is 0.00000240. The van der Waals surface area contributed by atoms with Gasteiger partial charge in [-0.3, -0.25) is 4.72 Å². The van der Waals surface area contributed by atoms with Gasteiger partial charge in [-0.25, -0.2) is 12.8 Å². The van der Waals surface area contributed by atoms with Crippen molar-refractivity contribution in [2.24, 2.45) is 0 Å². The van der Waals surface area contributed by atoms with Gasteiger partial charge in [0, 0.05) is 42.6 Å². The van der Waals surface area contributed by atoms with E-state index in [4.69, 9.17) is 0 Å². The topological polar surface area (TPSA) is 61.4 Å². The van der Waals surface area contributed by atoms with Crippen molar-refractivity contribution in [3.05, 3.63) is 66.0 Å². The van der Waals surface area contributed by atoms with Crippen molar-refractivity contribution in [3.63, 3.8) is 0 Å². The van der Waals surface area contributed by atoms with E-state index in [-0.39, 0.29) is 17.3 Å². The van der Waals surface area contributed by atoms with Gasteiger partial charge >= 0.3 is 0 Å². The van der Waals surface area contributed by atoms with Crippen molar-refractivity contribution >= 4 is 44.6 Å². The van der Waals surface area contributed by atoms with Crippen molar-refractivity contribution in [2.75, 3.05) is 35.8 Å². The molecule has 0 radical (unpaired) electrons. The number of piperazine rings is 1. The number of sulfonamides is 1. The van der Waals surface area contributed by atoms with Crippen LogP contribution in [0.1, 0.15) is 5.56 Å². The fourth-order valence-corrected chi connectivity index (χ4v) is 4.95. The summed E-state index contributed by atoms with van der Waals surface area (Å²) in [5, 5.41) is 5.14. The van der Waals surface area contributed by atoms with Gasteiger partial charge in [-0.05, 0) is 36.8 Å². The summed E-state index contributed by atoms with van der Waals surface area (Å²) in [5.74, 6) is -0.579. The van der Waals surface area contributed by atoms with Gasteiger partial charge in [0.2, 0.25) is 0 Å². The van der Waals surface area contributed by atoms with Crippen LogP contribution in [0.15, 0.2) is 59.5 Å². The van der Waals surface area contributed by atoms with E-state index in [2.05, 4.69) is 14.9 Å². The first-order chi connectivity index (χ1) is 13.5. The zero-order valence-corrected chi connectivity index (χ0v) is 17.6. The van der Waals surface area contributed by atoms with Gasteiger partial charge in [-0.2, -0.15) is 0 Å². The molecular formula is C21H23ClFN3O2S. The van der Waals surface area contributed by atoms with E-state index in [9.17, 15) is 12.8 Å². The molecule has 0 bridgehead atoms. The van der Waals surface area contributed by atoms with Crippen molar-refractivity contribution in [1.82, 2.24) is 5.32 Å². The maximum atomic E-state index is 13.6. The van der Waals surface area contributed by atoms with Crippen LogP contribution in [0.25, 0.3) is 10.8 Å². The summed E-state index contributed by atoms with van der Waals surface area (Å²) >= 11 is 0. The van der Waals surface area contributed by atoms with Crippen LogP contribution in [0.2, 0.25) is 0 Å². The minimum atomic E-state index is -3.91. The average molecular weight is 436 g/mol. The molecule has 0 saturated carbocycles. The highest BCUT2D eigenvalue weighted by Crippen LogP contribution is 2.34. The molecule has 1 aliphatic heterocycles. The Labute approximate surface area is 176 Å². The Morgan fingerprint density at radius 3 is 2.41 bits per heavy atom. The minimum Gasteiger partial charge on any atom is -0.368 e. The molecule has 3 aromatic carbocycles. The quantitative estimate of drug-likeness (QED) is 0.652. The Bertz CT molecular complexity index is 1130. The van der Waals surface area contributed by atoms with Crippen LogP contribution in [0, 0.1) is 12.7 Å². The maximum Gasteiger partial charge on any atom is 0.262 e. The second-order valence-electron chi connectivity index (χ2n) is 6.93. The highest BCUT2D eigenvalue weighted by Gasteiger charge is 2.20. The lowest BCUT2D eigenvalue weighted by atomic mass is 10.1. The van der Waals surface area contributed by atoms with Crippen LogP contribution >= 0.6 is 12.4 Å². The van der Waals surface area contributed by atoms with E-state index in [0.717, 1.165) is 48.7 Å². The molecule has 8 heteroatoms. The van der Waals surface area contributed by atoms with Gasteiger partial charge in [0.25, 0.3) is 10.0 Å². The highest BCUT2D eigenvalue weighted by atomic mass is 35.5. The summed E-state index contributed by atoms with van der Waals surface area (Å²) in [7, 11) is -3.91. The summed E-state index contributed by atoms with van der Waals surface area (Å²) < 4.78 is 42.1. The number of halogens is 2. The van der Waals surface area contributed by atoms with Crippen LogP contribution in [-0.4, -0.2) is 34.6 Å². The SMILES string of the molecule is Cc1ccc(F)cc1S(=O)(=O)Nc1ccc(N2CCNCC2)c2ccccc12.Cl. The number of rotatable bonds is 4. The predicted octanol–water partition coefficient (Wildman–Crippen LogP) is 3.92. The Morgan fingerprint density at radius 1 is 1.00 bits per heavy atom. The minimum absolute atomic E-state index is 0. The van der Waals surface area contributed by atoms with Crippen molar-refractivity contribution in [2.45, 2.75) is 11.8 Å². The van der Waals surface area contributed by atoms with E-state index in [1.54, 1.807) is 13.0 Å². The molecule has 1 saturated heterocycles. The summed E-state index contributed by atoms with van der Waals surface area (Å²) in [6, 6.07) is 15.2. The molecule has 0 spiro atoms. The molecule has 5 nitrogen and oxygen atoms in total. The molecule has 0 unspecified atom stereocenters. The molecule has 29 heavy (non-hydrogen) atoms. The molecule has 0 aliphatic carbocycles. The number of nitrogens with zero attached hydrogens (tertiary/aromatic N) is 1. The third kappa shape index (κ3) is 4.32. The second-order valence-corrected chi connectivity index (χ2v) is 8.58. The van der Waals surface area contributed by atoms with Gasteiger partial charge in [0.05, 0.1) is 10.6 Å². The van der Waals surface area contributed by atoms with Crippen LogP contribution < -0.4 is 14.9 Å². The van der Waals surface area contributed by atoms with E-state index in [0.29, 0.717) is 11.3 Å². The highest BCUT2D eigenvalue weighted by molar-refractivity contribution is 7.92. The Hall–Kier alpha value is -2.35. The fourth-order valence-electron chi connectivity index (χ4n) is 3.62. The number of anilines is 2. The van der Waals surface area contributed by atoms with Gasteiger partial charge < -0.3 is 10.2 Å². The molecule has 3 aromatic rings. The molecule has 0 aromatic heterocycles. The third-order valence-corrected chi connectivity index (χ3v) is 6.55. The van der Waals surface area contributed by atoms with E-state index in [1.165, 1.54) is 12.1 Å². The molecule has 0 atom stereocenters. The number of fused-ring (bicyclic) bond motifs is 1. The van der Waals surface area contributed by atoms with Gasteiger partial charge in [-0.1, -0.05) is 30.3 Å². The first-order valence-corrected chi connectivity index (χ1v) is 10.7. The predicted molar refractivity (Wildman–Crippen MR) is 118 cm³/mol. The van der Waals surface area contributed by atoms with Gasteiger partial charge in [0.1, 0.15) is 5.82 Å². The Morgan fingerprint density at radius 2 is 1.69 bits per heavy atom. The van der Waals surface area contributed by atoms with Crippen LogP contribution in [0.5, 0.6) is 0 Å². The van der Waals surface area contributed by atoms with E-state index in [1.807, 2.05) is 30.3 Å². The molecule has 0 amide bonds. The van der Waals surface area contributed by atoms with Crippen molar-refractivity contribution in [3.8, 4) is 0 Å². The fraction of sp³-hybridized carbons (Fsp3) is 0.238. The molecule has 2 N–H and O–H groups in total. The van der Waals surface area contributed by atoms with E-state index >= 15 is 0 Å². The number of hydrogen-bond donors (Lipinski definition) is 2. The molecule has 154 valence electrons. The number of nitrogens with one attached hydrogen (secondary N) is 2. The van der Waals surface area contributed by atoms with Crippen LogP contribution in [0.3, 0.4) is 0 Å². The zero-order chi connectivity index (χ0) is 19.7. The normalized spacial score (nSPS) is 14.5. The summed E-state index contributed by atoms with van der Waals surface area (Å²) in [5.41, 5.74) is 2.07. The average Bonchev–Trinajstić information content (AvgIpc) is 2.70. The maximum absolute atomic E-state index is 13.6. The Kier molecular flexibility index (Phi) is 6.31. The first-order valence-electron chi connectivity index (χ1n) is 9.22. The van der Waals surface area contributed by atoms with E-state index < -0.39 is 15.8 Å². The lowest BCUT2D eigenvalue weighted by molar-refractivity contribution is 0.590. The van der Waals surface area contributed by atoms with Gasteiger partial charge in [0.15, 0.2) is 0 Å². The number of hydrogen-bond acceptors (Lipinski definition) is 4. The molecule has 1 aliphatic rings. The summed E-state index contributed by atoms with van der Waals surface area (Å²) in [4.78, 5) is 2.25. The second kappa shape index (κ2) is 8.57. The molecule has 1 fully saturated rings. The lowest BCUT2D eigenvalue weighted by Crippen LogP contribution is -2.43. The van der Waals surface area contributed by atoms with Gasteiger partial charge in [-0.15, -0.1) is 12.4 Å². The van der Waals surface area contributed by atoms with Crippen molar-refractivity contribution in [1.29, 1.82) is 0 Å². The molecular weight excluding hydrogens is 413 g/mol. The van der Waals surface area contributed by atoms with Crippen LogP contribution in [-0.2, 0) is 10.0 Å². The number of aryl methyl sites for hydroxylation is 1. The van der Waals surface area contributed by atoms with Crippen molar-refractivity contribution < 1.29 is 12.8 Å². The molecule has 1 heterocycles. The first kappa shape index (κ1) is 21.4. The monoisotopic (exact) mass is 435 g/mol. The standard InChI is InChI=1S/C21H22FN3O2S.ClH/c1-15-6-7-16(22)14-21(15)28(26,27)24-19-8-9-20(25-12-10-23-11-13-25)18-5-3-2-4-17(18)19;/h2-9,14,23-24H,10-13H2,1H3;1H. The summed E-state index contributed by atoms with van der Waals surface area (Å²) in [6.45, 7) is 5.29. The lowest BCUT2D eigenvalue weighted by Gasteiger charge is -2.30.